The molecule has 0 radical (unpaired) electrons. The minimum absolute atomic E-state index is 0.0213. The Bertz CT molecular complexity index is 1270. The summed E-state index contributed by atoms with van der Waals surface area (Å²) in [5.41, 5.74) is 0.881. The normalized spacial score (nSPS) is 12.9. The zero-order valence-corrected chi connectivity index (χ0v) is 17.0. The van der Waals surface area contributed by atoms with E-state index in [0.29, 0.717) is 27.6 Å². The topological polar surface area (TPSA) is 79.8 Å². The van der Waals surface area contributed by atoms with Gasteiger partial charge in [-0.05, 0) is 48.7 Å². The number of H-pyrrole nitrogens is 1. The number of nitrogens with zero attached hydrogens (tertiary/aromatic N) is 2. The highest BCUT2D eigenvalue weighted by Crippen LogP contribution is 2.28. The molecule has 0 unspecified atom stereocenters. The standard InChI is InChI=1S/C22H17ClF2N4O2/c23-17-7-5-15(12-26-20(30)11-24)9-16(17)21-27-22(31)29(28-21)19-8-6-14(10-18(19)25)4-3-13-1-2-13/h5-10,13H,1-2,11-12H2,(H,26,30)(H,27,28,31). The van der Waals surface area contributed by atoms with Crippen molar-refractivity contribution in [3.05, 3.63) is 68.8 Å². The van der Waals surface area contributed by atoms with Crippen molar-refractivity contribution in [3.8, 4) is 28.9 Å². The number of halogens is 3. The van der Waals surface area contributed by atoms with Crippen molar-refractivity contribution in [2.24, 2.45) is 5.92 Å². The van der Waals surface area contributed by atoms with Crippen molar-refractivity contribution >= 4 is 17.5 Å². The average molecular weight is 443 g/mol. The third-order valence-corrected chi connectivity index (χ3v) is 5.02. The second-order valence-corrected chi connectivity index (χ2v) is 7.53. The molecule has 1 aliphatic rings. The lowest BCUT2D eigenvalue weighted by atomic mass is 10.1. The summed E-state index contributed by atoms with van der Waals surface area (Å²) in [5, 5.41) is 6.89. The fraction of sp³-hybridized carbons (Fsp3) is 0.227. The van der Waals surface area contributed by atoms with Gasteiger partial charge >= 0.3 is 5.69 Å². The van der Waals surface area contributed by atoms with Crippen molar-refractivity contribution < 1.29 is 13.6 Å². The van der Waals surface area contributed by atoms with Crippen LogP contribution in [-0.2, 0) is 11.3 Å². The Morgan fingerprint density at radius 1 is 1.29 bits per heavy atom. The lowest BCUT2D eigenvalue weighted by Gasteiger charge is -2.06. The summed E-state index contributed by atoms with van der Waals surface area (Å²) < 4.78 is 27.9. The molecule has 3 aromatic rings. The number of hydrogen-bond donors (Lipinski definition) is 2. The van der Waals surface area contributed by atoms with Crippen molar-refractivity contribution in [1.82, 2.24) is 20.1 Å². The minimum atomic E-state index is -1.12. The maximum atomic E-state index is 14.6. The molecule has 1 fully saturated rings. The van der Waals surface area contributed by atoms with E-state index in [9.17, 15) is 18.4 Å². The summed E-state index contributed by atoms with van der Waals surface area (Å²) in [4.78, 5) is 26.1. The van der Waals surface area contributed by atoms with Gasteiger partial charge in [-0.2, -0.15) is 4.68 Å². The Labute approximate surface area is 181 Å². The number of aromatic nitrogens is 3. The van der Waals surface area contributed by atoms with E-state index in [4.69, 9.17) is 11.6 Å². The number of rotatable bonds is 5. The van der Waals surface area contributed by atoms with Crippen molar-refractivity contribution in [2.45, 2.75) is 19.4 Å². The van der Waals surface area contributed by atoms with Gasteiger partial charge in [0.15, 0.2) is 12.5 Å². The summed E-state index contributed by atoms with van der Waals surface area (Å²) in [6.07, 6.45) is 2.15. The highest BCUT2D eigenvalue weighted by molar-refractivity contribution is 6.33. The van der Waals surface area contributed by atoms with Crippen LogP contribution in [0, 0.1) is 23.6 Å². The maximum Gasteiger partial charge on any atom is 0.348 e. The van der Waals surface area contributed by atoms with Crippen LogP contribution in [0.2, 0.25) is 5.02 Å². The number of alkyl halides is 1. The molecule has 0 aliphatic heterocycles. The largest absolute Gasteiger partial charge is 0.350 e. The first-order valence-corrected chi connectivity index (χ1v) is 9.94. The van der Waals surface area contributed by atoms with Gasteiger partial charge in [-0.3, -0.25) is 9.78 Å². The van der Waals surface area contributed by atoms with E-state index in [0.717, 1.165) is 17.5 Å². The van der Waals surface area contributed by atoms with Gasteiger partial charge in [-0.1, -0.05) is 29.5 Å². The summed E-state index contributed by atoms with van der Waals surface area (Å²) in [7, 11) is 0. The smallest absolute Gasteiger partial charge is 0.348 e. The van der Waals surface area contributed by atoms with Crippen LogP contribution in [0.3, 0.4) is 0 Å². The number of amides is 1. The number of benzene rings is 2. The average Bonchev–Trinajstić information content (AvgIpc) is 3.52. The monoisotopic (exact) mass is 442 g/mol. The van der Waals surface area contributed by atoms with E-state index >= 15 is 0 Å². The number of hydrogen-bond acceptors (Lipinski definition) is 3. The molecule has 0 saturated heterocycles. The summed E-state index contributed by atoms with van der Waals surface area (Å²) in [6, 6.07) is 9.18. The molecule has 1 aromatic heterocycles. The lowest BCUT2D eigenvalue weighted by Crippen LogP contribution is -2.23. The first kappa shape index (κ1) is 20.8. The first-order chi connectivity index (χ1) is 14.9. The van der Waals surface area contributed by atoms with Crippen molar-refractivity contribution in [3.63, 3.8) is 0 Å². The van der Waals surface area contributed by atoms with Crippen LogP contribution in [0.1, 0.15) is 24.0 Å². The van der Waals surface area contributed by atoms with Gasteiger partial charge in [-0.15, -0.1) is 5.10 Å². The summed E-state index contributed by atoms with van der Waals surface area (Å²) in [6.45, 7) is -1.04. The van der Waals surface area contributed by atoms with E-state index < -0.39 is 24.1 Å². The number of carbonyl (C=O) groups is 1. The van der Waals surface area contributed by atoms with Crippen LogP contribution < -0.4 is 11.0 Å². The van der Waals surface area contributed by atoms with Gasteiger partial charge in [0.25, 0.3) is 5.91 Å². The maximum absolute atomic E-state index is 14.6. The van der Waals surface area contributed by atoms with Crippen LogP contribution in [-0.4, -0.2) is 27.3 Å². The molecule has 0 spiro atoms. The third-order valence-electron chi connectivity index (χ3n) is 4.69. The molecular formula is C22H17ClF2N4O2. The Morgan fingerprint density at radius 3 is 2.81 bits per heavy atom. The van der Waals surface area contributed by atoms with Crippen LogP contribution in [0.5, 0.6) is 0 Å². The van der Waals surface area contributed by atoms with E-state index in [1.165, 1.54) is 12.1 Å². The Kier molecular flexibility index (Phi) is 5.87. The molecule has 1 heterocycles. The quantitative estimate of drug-likeness (QED) is 0.594. The summed E-state index contributed by atoms with van der Waals surface area (Å²) >= 11 is 6.24. The fourth-order valence-corrected chi connectivity index (χ4v) is 3.10. The third kappa shape index (κ3) is 4.84. The Balaban J connectivity index is 1.63. The molecule has 1 amide bonds. The molecular weight excluding hydrogens is 426 g/mol. The molecule has 0 bridgehead atoms. The van der Waals surface area contributed by atoms with Gasteiger partial charge in [0.1, 0.15) is 11.5 Å². The van der Waals surface area contributed by atoms with Crippen molar-refractivity contribution in [2.75, 3.05) is 6.67 Å². The first-order valence-electron chi connectivity index (χ1n) is 9.57. The molecule has 158 valence electrons. The van der Waals surface area contributed by atoms with Crippen LogP contribution >= 0.6 is 11.6 Å². The zero-order valence-electron chi connectivity index (χ0n) is 16.2. The molecule has 2 aromatic carbocycles. The predicted molar refractivity (Wildman–Crippen MR) is 112 cm³/mol. The molecule has 0 atom stereocenters. The van der Waals surface area contributed by atoms with Crippen LogP contribution in [0.4, 0.5) is 8.78 Å². The minimum Gasteiger partial charge on any atom is -0.350 e. The lowest BCUT2D eigenvalue weighted by molar-refractivity contribution is -0.122. The fourth-order valence-electron chi connectivity index (χ4n) is 2.89. The van der Waals surface area contributed by atoms with Gasteiger partial charge < -0.3 is 5.32 Å². The molecule has 1 saturated carbocycles. The van der Waals surface area contributed by atoms with Gasteiger partial charge in [-0.25, -0.2) is 13.6 Å². The Morgan fingerprint density at radius 2 is 2.10 bits per heavy atom. The van der Waals surface area contributed by atoms with Gasteiger partial charge in [0.05, 0.1) is 5.02 Å². The van der Waals surface area contributed by atoms with E-state index in [1.54, 1.807) is 24.3 Å². The predicted octanol–water partition coefficient (Wildman–Crippen LogP) is 3.37. The molecule has 31 heavy (non-hydrogen) atoms. The van der Waals surface area contributed by atoms with Crippen molar-refractivity contribution in [1.29, 1.82) is 0 Å². The second kappa shape index (κ2) is 8.74. The van der Waals surface area contributed by atoms with E-state index in [1.807, 2.05) is 0 Å². The molecule has 9 heteroatoms. The van der Waals surface area contributed by atoms with Crippen LogP contribution in [0.15, 0.2) is 41.2 Å². The van der Waals surface area contributed by atoms with Gasteiger partial charge in [0.2, 0.25) is 0 Å². The highest BCUT2D eigenvalue weighted by atomic mass is 35.5. The number of aromatic amines is 1. The van der Waals surface area contributed by atoms with E-state index in [2.05, 4.69) is 27.2 Å². The summed E-state index contributed by atoms with van der Waals surface area (Å²) in [5.74, 6) is 5.15. The Hall–Kier alpha value is -3.44. The van der Waals surface area contributed by atoms with Gasteiger partial charge in [0, 0.05) is 23.6 Å². The molecule has 2 N–H and O–H groups in total. The molecule has 4 rings (SSSR count). The number of nitrogens with one attached hydrogen (secondary N) is 2. The number of carbonyl (C=O) groups excluding carboxylic acids is 1. The molecule has 6 nitrogen and oxygen atoms in total. The zero-order chi connectivity index (χ0) is 22.0. The van der Waals surface area contributed by atoms with E-state index in [-0.39, 0.29) is 18.1 Å². The van der Waals surface area contributed by atoms with Crippen LogP contribution in [0.25, 0.3) is 17.1 Å². The highest BCUT2D eigenvalue weighted by Gasteiger charge is 2.18. The molecule has 1 aliphatic carbocycles. The SMILES string of the molecule is O=C(CF)NCc1ccc(Cl)c(-c2nn(-c3ccc(C#CC4CC4)cc3F)c(=O)[nH]2)c1. The second-order valence-electron chi connectivity index (χ2n) is 7.12.